The summed E-state index contributed by atoms with van der Waals surface area (Å²) in [5.74, 6) is -1.35. The van der Waals surface area contributed by atoms with Gasteiger partial charge in [-0.2, -0.15) is 0 Å². The largest absolute Gasteiger partial charge is 0.507 e. The van der Waals surface area contributed by atoms with E-state index in [4.69, 9.17) is 9.47 Å². The van der Waals surface area contributed by atoms with E-state index in [1.165, 1.54) is 24.6 Å². The van der Waals surface area contributed by atoms with Crippen LogP contribution in [0.15, 0.2) is 131 Å². The summed E-state index contributed by atoms with van der Waals surface area (Å²) >= 11 is 0. The average molecular weight is 780 g/mol. The number of hydrogen-bond donors (Lipinski definition) is 2. The third-order valence-electron chi connectivity index (χ3n) is 6.52. The Morgan fingerprint density at radius 1 is 0.556 bits per heavy atom. The van der Waals surface area contributed by atoms with Crippen LogP contribution in [0.3, 0.4) is 0 Å². The van der Waals surface area contributed by atoms with Crippen LogP contribution in [-0.2, 0) is 43.8 Å². The first-order chi connectivity index (χ1) is 21.5. The van der Waals surface area contributed by atoms with Crippen molar-refractivity contribution >= 4 is 35.7 Å². The van der Waals surface area contributed by atoms with Crippen molar-refractivity contribution < 1.29 is 50.3 Å². The molecule has 0 saturated heterocycles. The van der Waals surface area contributed by atoms with Crippen molar-refractivity contribution in [2.24, 2.45) is 9.98 Å². The summed E-state index contributed by atoms with van der Waals surface area (Å²) in [6, 6.07) is 34.7. The van der Waals surface area contributed by atoms with Crippen molar-refractivity contribution in [3.63, 3.8) is 0 Å². The number of nitrogens with zero attached hydrogens (tertiary/aromatic N) is 2. The van der Waals surface area contributed by atoms with Crippen molar-refractivity contribution in [2.75, 3.05) is 0 Å². The molecule has 2 N–H and O–H groups in total. The van der Waals surface area contributed by atoms with Gasteiger partial charge in [0, 0.05) is 44.6 Å². The summed E-state index contributed by atoms with van der Waals surface area (Å²) in [4.78, 5) is 33.8. The predicted octanol–water partition coefficient (Wildman–Crippen LogP) is 7.31. The Kier molecular flexibility index (Phi) is 11.5. The van der Waals surface area contributed by atoms with Crippen LogP contribution in [0.2, 0.25) is 0 Å². The van der Waals surface area contributed by atoms with E-state index in [1.54, 1.807) is 48.5 Å². The number of aliphatic imine (C=N–C) groups is 2. The number of carbonyl (C=O) groups excluding carboxylic acids is 2. The van der Waals surface area contributed by atoms with E-state index in [0.717, 1.165) is 11.1 Å². The minimum absolute atomic E-state index is 0. The fraction of sp³-hybridized carbons (Fsp3) is 0.0556. The topological polar surface area (TPSA) is 118 Å². The Bertz CT molecular complexity index is 1690. The van der Waals surface area contributed by atoms with Crippen LogP contribution in [0.4, 0.5) is 11.4 Å². The number of aromatic hydroxyl groups is 2. The maximum absolute atomic E-state index is 12.4. The van der Waals surface area contributed by atoms with Gasteiger partial charge in [-0.3, -0.25) is 9.98 Å². The Hall–Kier alpha value is -5.33. The molecule has 0 unspecified atom stereocenters. The van der Waals surface area contributed by atoms with Crippen LogP contribution in [-0.4, -0.2) is 34.6 Å². The Labute approximate surface area is 274 Å². The Morgan fingerprint density at radius 2 is 0.933 bits per heavy atom. The number of esters is 2. The molecule has 0 saturated carbocycles. The van der Waals surface area contributed by atoms with E-state index in [0.29, 0.717) is 22.5 Å². The number of benzene rings is 5. The zero-order chi connectivity index (χ0) is 30.7. The number of ether oxygens (including phenoxy) is 2. The van der Waals surface area contributed by atoms with Gasteiger partial charge in [0.25, 0.3) is 0 Å². The first-order valence-corrected chi connectivity index (χ1v) is 13.7. The second kappa shape index (κ2) is 15.9. The smallest absolute Gasteiger partial charge is 0.338 e. The zero-order valence-corrected chi connectivity index (χ0v) is 26.1. The van der Waals surface area contributed by atoms with Gasteiger partial charge in [0.1, 0.15) is 24.7 Å². The van der Waals surface area contributed by atoms with E-state index in [1.807, 2.05) is 60.7 Å². The van der Waals surface area contributed by atoms with Gasteiger partial charge in [-0.15, -0.1) is 0 Å². The zero-order valence-electron chi connectivity index (χ0n) is 23.9. The second-order valence-corrected chi connectivity index (χ2v) is 9.68. The molecule has 0 atom stereocenters. The first kappa shape index (κ1) is 32.6. The second-order valence-electron chi connectivity index (χ2n) is 9.68. The minimum Gasteiger partial charge on any atom is -0.507 e. The van der Waals surface area contributed by atoms with Crippen LogP contribution in [0.5, 0.6) is 11.5 Å². The van der Waals surface area contributed by atoms with Crippen LogP contribution in [0, 0.1) is 0 Å². The molecule has 5 rings (SSSR count). The van der Waals surface area contributed by atoms with Crippen LogP contribution >= 0.6 is 0 Å². The molecule has 0 aromatic heterocycles. The third kappa shape index (κ3) is 9.08. The number of phenols is 2. The van der Waals surface area contributed by atoms with E-state index >= 15 is 0 Å². The number of phenolic OH excluding ortho intramolecular Hbond substituents is 2. The molecule has 228 valence electrons. The molecule has 5 aromatic carbocycles. The minimum atomic E-state index is -0.548. The molecule has 0 aliphatic rings. The first-order valence-electron chi connectivity index (χ1n) is 13.7. The molecule has 9 heteroatoms. The van der Waals surface area contributed by atoms with Crippen molar-refractivity contribution in [3.05, 3.63) is 155 Å². The molecule has 45 heavy (non-hydrogen) atoms. The number of para-hydroxylation sites is 2. The van der Waals surface area contributed by atoms with Gasteiger partial charge in [0.2, 0.25) is 0 Å². The van der Waals surface area contributed by atoms with Gasteiger partial charge in [-0.05, 0) is 59.7 Å². The Morgan fingerprint density at radius 3 is 1.31 bits per heavy atom. The summed E-state index contributed by atoms with van der Waals surface area (Å²) < 4.78 is 10.7. The van der Waals surface area contributed by atoms with E-state index in [9.17, 15) is 19.8 Å². The SMILES string of the molecule is O=C(OCc1ccccc1)c1ccc(C=Nc2ccccc2N=Cc2ccc(C(=O)OCc3ccccc3)cc2O)c(O)c1.[Pt]. The molecule has 8 nitrogen and oxygen atoms in total. The summed E-state index contributed by atoms with van der Waals surface area (Å²) in [6.45, 7) is 0.258. The maximum Gasteiger partial charge on any atom is 0.338 e. The van der Waals surface area contributed by atoms with Gasteiger partial charge in [0.15, 0.2) is 0 Å². The molecule has 0 radical (unpaired) electrons. The normalized spacial score (nSPS) is 10.8. The Balaban J connectivity index is 0.00000461. The van der Waals surface area contributed by atoms with Crippen LogP contribution < -0.4 is 0 Å². The monoisotopic (exact) mass is 779 g/mol. The number of rotatable bonds is 10. The fourth-order valence-corrected chi connectivity index (χ4v) is 4.13. The van der Waals surface area contributed by atoms with Crippen molar-refractivity contribution in [2.45, 2.75) is 13.2 Å². The third-order valence-corrected chi connectivity index (χ3v) is 6.52. The molecule has 0 aliphatic heterocycles. The van der Waals surface area contributed by atoms with Crippen molar-refractivity contribution in [1.82, 2.24) is 0 Å². The molecule has 0 aliphatic carbocycles. The van der Waals surface area contributed by atoms with Gasteiger partial charge >= 0.3 is 11.9 Å². The summed E-state index contributed by atoms with van der Waals surface area (Å²) in [5, 5.41) is 21.0. The molecule has 0 spiro atoms. The van der Waals surface area contributed by atoms with E-state index in [-0.39, 0.29) is 56.9 Å². The molecule has 0 fully saturated rings. The van der Waals surface area contributed by atoms with E-state index in [2.05, 4.69) is 9.98 Å². The maximum atomic E-state index is 12.4. The van der Waals surface area contributed by atoms with Gasteiger partial charge in [-0.1, -0.05) is 72.8 Å². The predicted molar refractivity (Wildman–Crippen MR) is 168 cm³/mol. The summed E-state index contributed by atoms with van der Waals surface area (Å²) in [7, 11) is 0. The molecule has 5 aromatic rings. The van der Waals surface area contributed by atoms with Crippen molar-refractivity contribution in [3.8, 4) is 11.5 Å². The standard InChI is InChI=1S/C36H28N2O6.Pt/c39-33-19-27(35(41)43-23-25-9-3-1-4-10-25)15-17-29(33)21-37-31-13-7-8-14-32(31)38-22-30-18-16-28(20-34(30)40)36(42)44-24-26-11-5-2-6-12-26;/h1-22,39-40H,23-24H2;. The molecular weight excluding hydrogens is 751 g/mol. The molecule has 0 amide bonds. The molecule has 0 bridgehead atoms. The summed E-state index contributed by atoms with van der Waals surface area (Å²) in [6.07, 6.45) is 2.94. The molecule has 0 heterocycles. The average Bonchev–Trinajstić information content (AvgIpc) is 3.06. The fourth-order valence-electron chi connectivity index (χ4n) is 4.13. The quantitative estimate of drug-likeness (QED) is 0.114. The van der Waals surface area contributed by atoms with Crippen molar-refractivity contribution in [1.29, 1.82) is 0 Å². The molecular formula is C36H28N2O6Pt. The van der Waals surface area contributed by atoms with Crippen LogP contribution in [0.1, 0.15) is 43.0 Å². The number of carbonyl (C=O) groups is 2. The van der Waals surface area contributed by atoms with E-state index < -0.39 is 11.9 Å². The van der Waals surface area contributed by atoms with Gasteiger partial charge in [0.05, 0.1) is 22.5 Å². The van der Waals surface area contributed by atoms with Crippen LogP contribution in [0.25, 0.3) is 0 Å². The summed E-state index contributed by atoms with van der Waals surface area (Å²) in [5.41, 5.74) is 3.98. The van der Waals surface area contributed by atoms with Gasteiger partial charge < -0.3 is 19.7 Å². The number of hydrogen-bond acceptors (Lipinski definition) is 8. The van der Waals surface area contributed by atoms with Gasteiger partial charge in [-0.25, -0.2) is 9.59 Å².